The summed E-state index contributed by atoms with van der Waals surface area (Å²) in [5.74, 6) is -0.719. The maximum Gasteiger partial charge on any atom is 0.244 e. The number of hydrogen-bond acceptors (Lipinski definition) is 4. The summed E-state index contributed by atoms with van der Waals surface area (Å²) in [4.78, 5) is 27.6. The number of amides is 2. The Labute approximate surface area is 216 Å². The number of sulfonamides is 1. The van der Waals surface area contributed by atoms with E-state index in [-0.39, 0.29) is 34.1 Å². The fourth-order valence-corrected chi connectivity index (χ4v) is 4.66. The molecule has 2 aromatic carbocycles. The number of carbonyl (C=O) groups is 2. The lowest BCUT2D eigenvalue weighted by Gasteiger charge is -2.32. The van der Waals surface area contributed by atoms with Gasteiger partial charge in [0.1, 0.15) is 12.6 Å². The Bertz CT molecular complexity index is 1140. The van der Waals surface area contributed by atoms with E-state index in [1.54, 1.807) is 31.2 Å². The molecule has 1 unspecified atom stereocenters. The molecule has 1 N–H and O–H groups in total. The predicted octanol–water partition coefficient (Wildman–Crippen LogP) is 4.60. The molecular formula is C23H28Cl3N3O4S. The van der Waals surface area contributed by atoms with E-state index in [4.69, 9.17) is 34.8 Å². The van der Waals surface area contributed by atoms with Crippen molar-refractivity contribution >= 4 is 62.3 Å². The van der Waals surface area contributed by atoms with Gasteiger partial charge in [-0.1, -0.05) is 66.8 Å². The number of carbonyl (C=O) groups excluding carboxylic acids is 2. The maximum absolute atomic E-state index is 13.5. The first-order chi connectivity index (χ1) is 15.8. The quantitative estimate of drug-likeness (QED) is 0.470. The average Bonchev–Trinajstić information content (AvgIpc) is 2.75. The minimum Gasteiger partial charge on any atom is -0.354 e. The fraction of sp³-hybridized carbons (Fsp3) is 0.391. The number of hydrogen-bond donors (Lipinski definition) is 1. The van der Waals surface area contributed by atoms with Crippen molar-refractivity contribution < 1.29 is 18.0 Å². The van der Waals surface area contributed by atoms with Crippen molar-refractivity contribution in [2.75, 3.05) is 23.7 Å². The summed E-state index contributed by atoms with van der Waals surface area (Å²) in [6, 6.07) is 10.5. The standard InChI is InChI=1S/C23H28Cl3N3O4S/c1-15(2)12-27-23(31)16(3)28(13-17-7-5-8-18(24)11-17)21(30)14-29(34(4,32)33)20-10-6-9-19(25)22(20)26/h5-11,15-16H,12-14H2,1-4H3,(H,27,31). The Hall–Kier alpha value is -2.00. The molecule has 0 bridgehead atoms. The van der Waals surface area contributed by atoms with E-state index >= 15 is 0 Å². The second-order valence-electron chi connectivity index (χ2n) is 8.31. The van der Waals surface area contributed by atoms with E-state index in [1.807, 2.05) is 13.8 Å². The zero-order valence-corrected chi connectivity index (χ0v) is 22.5. The van der Waals surface area contributed by atoms with Gasteiger partial charge < -0.3 is 10.2 Å². The number of rotatable bonds is 10. The van der Waals surface area contributed by atoms with E-state index in [0.29, 0.717) is 17.1 Å². The molecule has 2 aromatic rings. The molecule has 2 rings (SSSR count). The molecule has 2 amide bonds. The molecule has 0 radical (unpaired) electrons. The molecule has 7 nitrogen and oxygen atoms in total. The van der Waals surface area contributed by atoms with Gasteiger partial charge in [0.25, 0.3) is 0 Å². The Morgan fingerprint density at radius 2 is 1.68 bits per heavy atom. The van der Waals surface area contributed by atoms with E-state index in [9.17, 15) is 18.0 Å². The van der Waals surface area contributed by atoms with Crippen LogP contribution in [-0.2, 0) is 26.2 Å². The summed E-state index contributed by atoms with van der Waals surface area (Å²) in [7, 11) is -3.91. The van der Waals surface area contributed by atoms with Crippen LogP contribution in [0.5, 0.6) is 0 Å². The Morgan fingerprint density at radius 1 is 1.03 bits per heavy atom. The van der Waals surface area contributed by atoms with Gasteiger partial charge in [-0.3, -0.25) is 13.9 Å². The highest BCUT2D eigenvalue weighted by atomic mass is 35.5. The first-order valence-electron chi connectivity index (χ1n) is 10.5. The molecule has 1 atom stereocenters. The summed E-state index contributed by atoms with van der Waals surface area (Å²) < 4.78 is 26.1. The van der Waals surface area contributed by atoms with Crippen LogP contribution in [0, 0.1) is 5.92 Å². The van der Waals surface area contributed by atoms with Crippen LogP contribution in [0.25, 0.3) is 0 Å². The highest BCUT2D eigenvalue weighted by Gasteiger charge is 2.31. The summed E-state index contributed by atoms with van der Waals surface area (Å²) in [5.41, 5.74) is 0.765. The summed E-state index contributed by atoms with van der Waals surface area (Å²) in [6.45, 7) is 5.43. The van der Waals surface area contributed by atoms with Crippen LogP contribution in [0.4, 0.5) is 5.69 Å². The summed E-state index contributed by atoms with van der Waals surface area (Å²) >= 11 is 18.4. The van der Waals surface area contributed by atoms with Crippen molar-refractivity contribution in [3.8, 4) is 0 Å². The minimum atomic E-state index is -3.91. The molecule has 0 aliphatic carbocycles. The monoisotopic (exact) mass is 547 g/mol. The van der Waals surface area contributed by atoms with Crippen LogP contribution in [0.1, 0.15) is 26.3 Å². The van der Waals surface area contributed by atoms with Gasteiger partial charge in [-0.05, 0) is 42.7 Å². The van der Waals surface area contributed by atoms with Crippen molar-refractivity contribution in [3.05, 3.63) is 63.1 Å². The van der Waals surface area contributed by atoms with Crippen LogP contribution in [0.15, 0.2) is 42.5 Å². The van der Waals surface area contributed by atoms with E-state index in [1.165, 1.54) is 23.1 Å². The number of nitrogens with one attached hydrogen (secondary N) is 1. The SMILES string of the molecule is CC(C)CNC(=O)C(C)N(Cc1cccc(Cl)c1)C(=O)CN(c1cccc(Cl)c1Cl)S(C)(=O)=O. The van der Waals surface area contributed by atoms with Crippen LogP contribution >= 0.6 is 34.8 Å². The van der Waals surface area contributed by atoms with Gasteiger partial charge in [-0.15, -0.1) is 0 Å². The third-order valence-corrected chi connectivity index (χ3v) is 7.14. The van der Waals surface area contributed by atoms with Gasteiger partial charge in [0.15, 0.2) is 0 Å². The largest absolute Gasteiger partial charge is 0.354 e. The third kappa shape index (κ3) is 7.77. The van der Waals surface area contributed by atoms with Crippen molar-refractivity contribution in [2.45, 2.75) is 33.4 Å². The molecular weight excluding hydrogens is 521 g/mol. The molecule has 0 aromatic heterocycles. The fourth-order valence-electron chi connectivity index (χ4n) is 3.15. The van der Waals surface area contributed by atoms with Gasteiger partial charge in [0.2, 0.25) is 21.8 Å². The normalized spacial score (nSPS) is 12.4. The van der Waals surface area contributed by atoms with Crippen LogP contribution in [-0.4, -0.2) is 50.5 Å². The van der Waals surface area contributed by atoms with Crippen molar-refractivity contribution in [2.24, 2.45) is 5.92 Å². The maximum atomic E-state index is 13.5. The second-order valence-corrected chi connectivity index (χ2v) is 11.4. The Balaban J connectivity index is 2.41. The molecule has 0 aliphatic rings. The number of halogens is 3. The smallest absolute Gasteiger partial charge is 0.244 e. The van der Waals surface area contributed by atoms with Gasteiger partial charge in [0, 0.05) is 18.1 Å². The molecule has 11 heteroatoms. The van der Waals surface area contributed by atoms with Crippen molar-refractivity contribution in [1.29, 1.82) is 0 Å². The van der Waals surface area contributed by atoms with Crippen LogP contribution in [0.2, 0.25) is 15.1 Å². The Kier molecular flexibility index (Phi) is 10.1. The topological polar surface area (TPSA) is 86.8 Å². The van der Waals surface area contributed by atoms with Gasteiger partial charge in [-0.2, -0.15) is 0 Å². The molecule has 0 spiro atoms. The summed E-state index contributed by atoms with van der Waals surface area (Å²) in [5, 5.41) is 3.45. The zero-order chi connectivity index (χ0) is 25.6. The van der Waals surface area contributed by atoms with E-state index < -0.39 is 28.5 Å². The van der Waals surface area contributed by atoms with Gasteiger partial charge in [0.05, 0.1) is 22.0 Å². The molecule has 186 valence electrons. The van der Waals surface area contributed by atoms with Gasteiger partial charge in [-0.25, -0.2) is 8.42 Å². The molecule has 0 fully saturated rings. The predicted molar refractivity (Wildman–Crippen MR) is 138 cm³/mol. The first kappa shape index (κ1) is 28.2. The molecule has 0 heterocycles. The average molecular weight is 549 g/mol. The summed E-state index contributed by atoms with van der Waals surface area (Å²) in [6.07, 6.45) is 0.970. The zero-order valence-electron chi connectivity index (χ0n) is 19.4. The Morgan fingerprint density at radius 3 is 2.26 bits per heavy atom. The molecule has 0 saturated heterocycles. The molecule has 0 aliphatic heterocycles. The third-order valence-electron chi connectivity index (χ3n) is 4.97. The number of anilines is 1. The molecule has 0 saturated carbocycles. The number of nitrogens with zero attached hydrogens (tertiary/aromatic N) is 2. The lowest BCUT2D eigenvalue weighted by molar-refractivity contribution is -0.139. The number of benzene rings is 2. The van der Waals surface area contributed by atoms with Crippen LogP contribution in [0.3, 0.4) is 0 Å². The minimum absolute atomic E-state index is 0.00603. The van der Waals surface area contributed by atoms with Crippen molar-refractivity contribution in [3.63, 3.8) is 0 Å². The highest BCUT2D eigenvalue weighted by molar-refractivity contribution is 7.92. The van der Waals surface area contributed by atoms with Gasteiger partial charge >= 0.3 is 0 Å². The second kappa shape index (κ2) is 12.1. The van der Waals surface area contributed by atoms with Crippen LogP contribution < -0.4 is 9.62 Å². The lowest BCUT2D eigenvalue weighted by Crippen LogP contribution is -2.51. The van der Waals surface area contributed by atoms with E-state index in [0.717, 1.165) is 10.6 Å². The lowest BCUT2D eigenvalue weighted by atomic mass is 10.1. The molecule has 34 heavy (non-hydrogen) atoms. The highest BCUT2D eigenvalue weighted by Crippen LogP contribution is 2.33. The first-order valence-corrected chi connectivity index (χ1v) is 13.5. The van der Waals surface area contributed by atoms with Crippen molar-refractivity contribution in [1.82, 2.24) is 10.2 Å². The van der Waals surface area contributed by atoms with E-state index in [2.05, 4.69) is 5.32 Å².